The van der Waals surface area contributed by atoms with Crippen molar-refractivity contribution in [3.05, 3.63) is 33.8 Å². The van der Waals surface area contributed by atoms with E-state index >= 15 is 0 Å². The first-order valence-corrected chi connectivity index (χ1v) is 13.7. The third kappa shape index (κ3) is 5.38. The number of rotatable bonds is 9. The number of fused-ring (bicyclic) bond motifs is 1. The summed E-state index contributed by atoms with van der Waals surface area (Å²) in [4.78, 5) is 17.6. The maximum Gasteiger partial charge on any atom is 0.359 e. The summed E-state index contributed by atoms with van der Waals surface area (Å²) in [5.74, 6) is -0.497. The van der Waals surface area contributed by atoms with Gasteiger partial charge in [0.2, 0.25) is 0 Å². The molecule has 3 rings (SSSR count). The Hall–Kier alpha value is -1.30. The fraction of sp³-hybridized carbons (Fsp3) is 0.652. The molecule has 3 unspecified atom stereocenters. The molecule has 35 heavy (non-hydrogen) atoms. The lowest BCUT2D eigenvalue weighted by Gasteiger charge is -2.38. The predicted molar refractivity (Wildman–Crippen MR) is 131 cm³/mol. The Kier molecular flexibility index (Phi) is 8.26. The van der Waals surface area contributed by atoms with Gasteiger partial charge in [0, 0.05) is 17.4 Å². The van der Waals surface area contributed by atoms with Crippen molar-refractivity contribution in [1.29, 1.82) is 0 Å². The number of hydrogen-bond acceptors (Lipinski definition) is 8. The molecule has 0 saturated carbocycles. The average molecular weight is 533 g/mol. The molecule has 0 bridgehead atoms. The molecule has 196 valence electrons. The number of nitrogens with one attached hydrogen (secondary N) is 1. The van der Waals surface area contributed by atoms with Crippen molar-refractivity contribution in [1.82, 2.24) is 9.97 Å². The summed E-state index contributed by atoms with van der Waals surface area (Å²) in [5, 5.41) is 30.7. The van der Waals surface area contributed by atoms with Gasteiger partial charge in [-0.05, 0) is 45.2 Å². The second kappa shape index (κ2) is 10.2. The van der Waals surface area contributed by atoms with E-state index in [1.54, 1.807) is 33.8 Å². The number of aromatic nitrogens is 2. The smallest absolute Gasteiger partial charge is 0.359 e. The number of aliphatic hydroxyl groups excluding tert-OH is 2. The Morgan fingerprint density at radius 2 is 1.86 bits per heavy atom. The summed E-state index contributed by atoms with van der Waals surface area (Å²) in [5.41, 5.74) is -0.307. The van der Waals surface area contributed by atoms with Gasteiger partial charge < -0.3 is 34.5 Å². The maximum atomic E-state index is 14.1. The van der Waals surface area contributed by atoms with Gasteiger partial charge in [0.25, 0.3) is 0 Å². The molecular weight excluding hydrogens is 498 g/mol. The van der Waals surface area contributed by atoms with Crippen molar-refractivity contribution >= 4 is 30.8 Å². The number of aryl methyl sites for hydroxylation is 1. The zero-order valence-electron chi connectivity index (χ0n) is 20.5. The molecule has 2 aromatic rings. The van der Waals surface area contributed by atoms with Crippen LogP contribution >= 0.6 is 19.8 Å². The summed E-state index contributed by atoms with van der Waals surface area (Å²) in [6, 6.07) is 2.86. The van der Waals surface area contributed by atoms with Crippen LogP contribution in [0.2, 0.25) is 0 Å². The quantitative estimate of drug-likeness (QED) is 0.237. The van der Waals surface area contributed by atoms with E-state index in [-0.39, 0.29) is 36.0 Å². The summed E-state index contributed by atoms with van der Waals surface area (Å²) in [7, 11) is -4.47. The van der Waals surface area contributed by atoms with Crippen molar-refractivity contribution in [3.8, 4) is 0 Å². The van der Waals surface area contributed by atoms with Crippen LogP contribution in [0.5, 0.6) is 0 Å². The molecule has 6 atom stereocenters. The first kappa shape index (κ1) is 28.3. The molecule has 12 heteroatoms. The lowest BCUT2D eigenvalue weighted by molar-refractivity contribution is -0.0544. The fourth-order valence-electron chi connectivity index (χ4n) is 4.31. The zero-order valence-corrected chi connectivity index (χ0v) is 22.2. The number of hydrogen-bond donors (Lipinski definition) is 5. The first-order chi connectivity index (χ1) is 16.2. The van der Waals surface area contributed by atoms with Crippen LogP contribution in [0.3, 0.4) is 0 Å². The first-order valence-electron chi connectivity index (χ1n) is 11.7. The summed E-state index contributed by atoms with van der Waals surface area (Å²) >= 11 is 5.41. The van der Waals surface area contributed by atoms with Crippen molar-refractivity contribution in [3.63, 3.8) is 0 Å². The fourth-order valence-corrected chi connectivity index (χ4v) is 6.35. The number of aromatic amines is 1. The molecular formula is C23H34FN2O7PS. The SMILES string of the molecule is CCC(C)(C[C@H]1O[C@@H](c2cc3cc(F)c(C)nc3[nH]c2=S)[C@@H](O)C1O)OP(=O)(O)C(O)(CC)CC. The summed E-state index contributed by atoms with van der Waals surface area (Å²) in [6.07, 6.45) is -4.42. The van der Waals surface area contributed by atoms with E-state index in [0.29, 0.717) is 16.6 Å². The number of halogens is 1. The van der Waals surface area contributed by atoms with Gasteiger partial charge in [-0.15, -0.1) is 0 Å². The molecule has 3 heterocycles. The van der Waals surface area contributed by atoms with Gasteiger partial charge in [0.05, 0.1) is 17.4 Å². The van der Waals surface area contributed by atoms with Crippen LogP contribution in [0, 0.1) is 17.4 Å². The molecule has 1 aliphatic rings. The number of pyridine rings is 2. The van der Waals surface area contributed by atoms with Crippen molar-refractivity contribution in [2.45, 2.75) is 95.7 Å². The van der Waals surface area contributed by atoms with Crippen LogP contribution in [-0.2, 0) is 13.8 Å². The monoisotopic (exact) mass is 532 g/mol. The van der Waals surface area contributed by atoms with Gasteiger partial charge in [0.1, 0.15) is 34.4 Å². The maximum absolute atomic E-state index is 14.1. The standard InChI is InChI=1S/C23H34FN2O7PS/c1-6-22(5,33-34(30,31)23(29,7-2)8-3)11-16-17(27)18(28)19(32-16)14-9-13-10-15(24)12(4)25-20(13)26-21(14)35/h9-10,16-19,27-29H,6-8,11H2,1-5H3,(H,30,31)(H,25,26,35)/t16-,17?,18+,19+,22?/m1/s1. The number of nitrogens with zero attached hydrogens (tertiary/aromatic N) is 1. The molecule has 0 aromatic carbocycles. The van der Waals surface area contributed by atoms with E-state index in [2.05, 4.69) is 9.97 Å². The van der Waals surface area contributed by atoms with Gasteiger partial charge in [-0.25, -0.2) is 9.37 Å². The molecule has 0 spiro atoms. The highest BCUT2D eigenvalue weighted by Crippen LogP contribution is 2.60. The highest BCUT2D eigenvalue weighted by molar-refractivity contribution is 7.71. The van der Waals surface area contributed by atoms with Crippen molar-refractivity contribution in [2.75, 3.05) is 0 Å². The zero-order chi connectivity index (χ0) is 26.3. The Morgan fingerprint density at radius 3 is 2.43 bits per heavy atom. The minimum atomic E-state index is -4.47. The molecule has 0 aliphatic carbocycles. The van der Waals surface area contributed by atoms with Crippen molar-refractivity contribution < 1.29 is 38.4 Å². The molecule has 9 nitrogen and oxygen atoms in total. The second-order valence-electron chi connectivity index (χ2n) is 9.43. The number of ether oxygens (including phenoxy) is 1. The Labute approximate surface area is 208 Å². The summed E-state index contributed by atoms with van der Waals surface area (Å²) in [6.45, 7) is 8.06. The highest BCUT2D eigenvalue weighted by Gasteiger charge is 2.51. The highest BCUT2D eigenvalue weighted by atomic mass is 32.1. The molecule has 1 saturated heterocycles. The number of aliphatic hydroxyl groups is 3. The van der Waals surface area contributed by atoms with E-state index in [0.717, 1.165) is 0 Å². The van der Waals surface area contributed by atoms with Gasteiger partial charge in [-0.2, -0.15) is 0 Å². The molecule has 1 fully saturated rings. The van der Waals surface area contributed by atoms with Gasteiger partial charge >= 0.3 is 7.60 Å². The molecule has 0 amide bonds. The molecule has 5 N–H and O–H groups in total. The molecule has 0 radical (unpaired) electrons. The Balaban J connectivity index is 1.88. The van der Waals surface area contributed by atoms with Crippen LogP contribution in [0.25, 0.3) is 11.0 Å². The average Bonchev–Trinajstić information content (AvgIpc) is 3.06. The lowest BCUT2D eigenvalue weighted by atomic mass is 9.92. The van der Waals surface area contributed by atoms with Crippen LogP contribution in [0.4, 0.5) is 4.39 Å². The second-order valence-corrected chi connectivity index (χ2v) is 11.9. The predicted octanol–water partition coefficient (Wildman–Crippen LogP) is 4.17. The number of H-pyrrole nitrogens is 1. The van der Waals surface area contributed by atoms with Crippen LogP contribution < -0.4 is 0 Å². The largest absolute Gasteiger partial charge is 0.388 e. The third-order valence-corrected chi connectivity index (χ3v) is 9.75. The minimum Gasteiger partial charge on any atom is -0.388 e. The lowest BCUT2D eigenvalue weighted by Crippen LogP contribution is -2.40. The van der Waals surface area contributed by atoms with Crippen LogP contribution in [0.15, 0.2) is 12.1 Å². The van der Waals surface area contributed by atoms with E-state index in [4.69, 9.17) is 21.5 Å². The van der Waals surface area contributed by atoms with E-state index in [1.807, 2.05) is 0 Å². The van der Waals surface area contributed by atoms with E-state index in [9.17, 15) is 29.2 Å². The Morgan fingerprint density at radius 1 is 1.23 bits per heavy atom. The van der Waals surface area contributed by atoms with Gasteiger partial charge in [0.15, 0.2) is 5.34 Å². The van der Waals surface area contributed by atoms with E-state index < -0.39 is 48.8 Å². The van der Waals surface area contributed by atoms with Crippen LogP contribution in [-0.4, -0.2) is 59.4 Å². The minimum absolute atomic E-state index is 0.0233. The van der Waals surface area contributed by atoms with Gasteiger partial charge in [-0.3, -0.25) is 4.57 Å². The van der Waals surface area contributed by atoms with Gasteiger partial charge in [-0.1, -0.05) is 33.0 Å². The van der Waals surface area contributed by atoms with Crippen molar-refractivity contribution in [2.24, 2.45) is 0 Å². The normalized spacial score (nSPS) is 26.6. The summed E-state index contributed by atoms with van der Waals surface area (Å²) < 4.78 is 38.9. The third-order valence-electron chi connectivity index (χ3n) is 7.04. The van der Waals surface area contributed by atoms with Crippen LogP contribution in [0.1, 0.15) is 70.7 Å². The molecule has 2 aromatic heterocycles. The Bertz CT molecular complexity index is 1190. The topological polar surface area (TPSA) is 145 Å². The molecule has 1 aliphatic heterocycles. The van der Waals surface area contributed by atoms with E-state index in [1.165, 1.54) is 13.0 Å².